The molecule has 15 heavy (non-hydrogen) atoms. The number of ether oxygens (including phenoxy) is 2. The van der Waals surface area contributed by atoms with Gasteiger partial charge in [-0.3, -0.25) is 9.59 Å². The van der Waals surface area contributed by atoms with Gasteiger partial charge in [0.2, 0.25) is 0 Å². The highest BCUT2D eigenvalue weighted by Crippen LogP contribution is 2.05. The molecule has 0 saturated heterocycles. The summed E-state index contributed by atoms with van der Waals surface area (Å²) in [4.78, 5) is 21.8. The maximum Gasteiger partial charge on any atom is 0.322 e. The molecule has 0 bridgehead atoms. The van der Waals surface area contributed by atoms with Gasteiger partial charge in [0.25, 0.3) is 0 Å². The summed E-state index contributed by atoms with van der Waals surface area (Å²) in [5.41, 5.74) is 5.50. The third-order valence-corrected chi connectivity index (χ3v) is 2.57. The number of esters is 2. The van der Waals surface area contributed by atoms with Gasteiger partial charge in [-0.25, -0.2) is 0 Å². The minimum atomic E-state index is -0.607. The lowest BCUT2D eigenvalue weighted by Crippen LogP contribution is -2.32. The first-order chi connectivity index (χ1) is 7.11. The van der Waals surface area contributed by atoms with Crippen LogP contribution < -0.4 is 5.73 Å². The number of nitrogens with two attached hydrogens (primary N) is 1. The summed E-state index contributed by atoms with van der Waals surface area (Å²) >= 11 is 1.40. The van der Waals surface area contributed by atoms with Gasteiger partial charge in [0, 0.05) is 0 Å². The Balaban J connectivity index is 3.46. The average Bonchev–Trinajstić information content (AvgIpc) is 2.23. The maximum absolute atomic E-state index is 10.9. The van der Waals surface area contributed by atoms with Gasteiger partial charge in [0.1, 0.15) is 6.04 Å². The van der Waals surface area contributed by atoms with Crippen LogP contribution in [0.1, 0.15) is 13.3 Å². The second-order valence-corrected chi connectivity index (χ2v) is 3.88. The van der Waals surface area contributed by atoms with Crippen molar-refractivity contribution >= 4 is 23.7 Å². The van der Waals surface area contributed by atoms with Crippen molar-refractivity contribution in [1.82, 2.24) is 0 Å². The lowest BCUT2D eigenvalue weighted by molar-refractivity contribution is -0.142. The van der Waals surface area contributed by atoms with Gasteiger partial charge in [0.05, 0.1) is 19.5 Å². The van der Waals surface area contributed by atoms with E-state index in [1.807, 2.05) is 0 Å². The van der Waals surface area contributed by atoms with Crippen LogP contribution in [0.3, 0.4) is 0 Å². The van der Waals surface area contributed by atoms with E-state index in [4.69, 9.17) is 10.5 Å². The number of carbonyl (C=O) groups is 2. The highest BCUT2D eigenvalue weighted by Gasteiger charge is 2.13. The van der Waals surface area contributed by atoms with E-state index in [9.17, 15) is 9.59 Å². The Morgan fingerprint density at radius 2 is 2.13 bits per heavy atom. The van der Waals surface area contributed by atoms with Crippen LogP contribution >= 0.6 is 11.8 Å². The fraction of sp³-hybridized carbons (Fsp3) is 0.778. The van der Waals surface area contributed by atoms with Crippen LogP contribution in [0.5, 0.6) is 0 Å². The maximum atomic E-state index is 10.9. The van der Waals surface area contributed by atoms with Gasteiger partial charge in [-0.15, -0.1) is 0 Å². The van der Waals surface area contributed by atoms with Gasteiger partial charge in [0.15, 0.2) is 0 Å². The molecule has 1 unspecified atom stereocenters. The number of hydrogen-bond acceptors (Lipinski definition) is 6. The molecule has 0 aliphatic heterocycles. The summed E-state index contributed by atoms with van der Waals surface area (Å²) in [5.74, 6) is 0.262. The monoisotopic (exact) mass is 235 g/mol. The van der Waals surface area contributed by atoms with Gasteiger partial charge < -0.3 is 15.2 Å². The number of rotatable bonds is 7. The van der Waals surface area contributed by atoms with E-state index in [-0.39, 0.29) is 5.97 Å². The number of carbonyl (C=O) groups excluding carboxylic acids is 2. The lowest BCUT2D eigenvalue weighted by Gasteiger charge is -2.08. The standard InChI is InChI=1S/C9H17NO4S/c1-3-14-8(11)6-15-5-4-7(10)9(12)13-2/h7H,3-6,10H2,1-2H3. The van der Waals surface area contributed by atoms with Gasteiger partial charge in [-0.05, 0) is 19.1 Å². The van der Waals surface area contributed by atoms with Crippen molar-refractivity contribution in [3.8, 4) is 0 Å². The largest absolute Gasteiger partial charge is 0.468 e. The Morgan fingerprint density at radius 3 is 2.67 bits per heavy atom. The summed E-state index contributed by atoms with van der Waals surface area (Å²) in [6.07, 6.45) is 0.497. The van der Waals surface area contributed by atoms with Crippen LogP contribution in [0.25, 0.3) is 0 Å². The van der Waals surface area contributed by atoms with E-state index in [1.165, 1.54) is 18.9 Å². The van der Waals surface area contributed by atoms with Crippen LogP contribution in [-0.2, 0) is 19.1 Å². The van der Waals surface area contributed by atoms with Crippen molar-refractivity contribution in [2.75, 3.05) is 25.2 Å². The molecule has 0 radical (unpaired) electrons. The quantitative estimate of drug-likeness (QED) is 0.500. The second kappa shape index (κ2) is 8.55. The second-order valence-electron chi connectivity index (χ2n) is 2.78. The Kier molecular flexibility index (Phi) is 8.12. The van der Waals surface area contributed by atoms with E-state index in [1.54, 1.807) is 6.92 Å². The highest BCUT2D eigenvalue weighted by atomic mass is 32.2. The number of hydrogen-bond donors (Lipinski definition) is 1. The topological polar surface area (TPSA) is 78.6 Å². The molecule has 0 aliphatic carbocycles. The van der Waals surface area contributed by atoms with Crippen molar-refractivity contribution in [1.29, 1.82) is 0 Å². The van der Waals surface area contributed by atoms with Crippen LogP contribution in [0.15, 0.2) is 0 Å². The molecule has 0 amide bonds. The van der Waals surface area contributed by atoms with E-state index in [2.05, 4.69) is 4.74 Å². The van der Waals surface area contributed by atoms with Crippen molar-refractivity contribution in [2.45, 2.75) is 19.4 Å². The Morgan fingerprint density at radius 1 is 1.47 bits per heavy atom. The Hall–Kier alpha value is -0.750. The van der Waals surface area contributed by atoms with E-state index in [0.717, 1.165) is 0 Å². The summed E-state index contributed by atoms with van der Waals surface area (Å²) in [6.45, 7) is 2.15. The molecule has 0 aromatic heterocycles. The normalized spacial score (nSPS) is 11.9. The number of thioether (sulfide) groups is 1. The van der Waals surface area contributed by atoms with Crippen molar-refractivity contribution in [2.24, 2.45) is 5.73 Å². The molecule has 88 valence electrons. The minimum Gasteiger partial charge on any atom is -0.468 e. The van der Waals surface area contributed by atoms with Crippen LogP contribution in [0.4, 0.5) is 0 Å². The molecular formula is C9H17NO4S. The zero-order valence-corrected chi connectivity index (χ0v) is 9.84. The summed E-state index contributed by atoms with van der Waals surface area (Å²) < 4.78 is 9.20. The zero-order chi connectivity index (χ0) is 11.7. The highest BCUT2D eigenvalue weighted by molar-refractivity contribution is 7.99. The zero-order valence-electron chi connectivity index (χ0n) is 9.02. The van der Waals surface area contributed by atoms with Gasteiger partial charge in [-0.2, -0.15) is 11.8 Å². The summed E-state index contributed by atoms with van der Waals surface area (Å²) in [7, 11) is 1.30. The summed E-state index contributed by atoms with van der Waals surface area (Å²) in [5, 5.41) is 0. The Bertz CT molecular complexity index is 210. The number of methoxy groups -OCH3 is 1. The molecular weight excluding hydrogens is 218 g/mol. The molecule has 1 atom stereocenters. The lowest BCUT2D eigenvalue weighted by atomic mass is 10.2. The fourth-order valence-electron chi connectivity index (χ4n) is 0.838. The third kappa shape index (κ3) is 7.21. The Labute approximate surface area is 93.7 Å². The van der Waals surface area contributed by atoms with E-state index < -0.39 is 12.0 Å². The third-order valence-electron chi connectivity index (χ3n) is 1.60. The van der Waals surface area contributed by atoms with Crippen LogP contribution in [0.2, 0.25) is 0 Å². The molecule has 2 N–H and O–H groups in total. The molecule has 0 fully saturated rings. The first-order valence-electron chi connectivity index (χ1n) is 4.68. The van der Waals surface area contributed by atoms with Gasteiger partial charge >= 0.3 is 11.9 Å². The molecule has 6 heteroatoms. The molecule has 0 aliphatic rings. The molecule has 0 aromatic rings. The first-order valence-corrected chi connectivity index (χ1v) is 5.84. The fourth-order valence-corrected chi connectivity index (χ4v) is 1.65. The molecule has 0 rings (SSSR count). The molecule has 0 heterocycles. The predicted molar refractivity (Wildman–Crippen MR) is 58.6 cm³/mol. The SMILES string of the molecule is CCOC(=O)CSCCC(N)C(=O)OC. The van der Waals surface area contributed by atoms with E-state index in [0.29, 0.717) is 24.5 Å². The van der Waals surface area contributed by atoms with E-state index >= 15 is 0 Å². The summed E-state index contributed by atoms with van der Waals surface area (Å²) in [6, 6.07) is -0.607. The first kappa shape index (κ1) is 14.2. The molecule has 0 aromatic carbocycles. The predicted octanol–water partition coefficient (Wildman–Crippen LogP) is 0.173. The van der Waals surface area contributed by atoms with Crippen molar-refractivity contribution < 1.29 is 19.1 Å². The smallest absolute Gasteiger partial charge is 0.322 e. The van der Waals surface area contributed by atoms with Crippen LogP contribution in [0, 0.1) is 0 Å². The molecule has 5 nitrogen and oxygen atoms in total. The van der Waals surface area contributed by atoms with Crippen molar-refractivity contribution in [3.63, 3.8) is 0 Å². The minimum absolute atomic E-state index is 0.242. The average molecular weight is 235 g/mol. The van der Waals surface area contributed by atoms with Crippen LogP contribution in [-0.4, -0.2) is 43.2 Å². The molecule has 0 spiro atoms. The molecule has 0 saturated carbocycles. The van der Waals surface area contributed by atoms with Crippen molar-refractivity contribution in [3.05, 3.63) is 0 Å². The van der Waals surface area contributed by atoms with Gasteiger partial charge in [-0.1, -0.05) is 0 Å².